The molecule has 1 amide bonds. The van der Waals surface area contributed by atoms with Crippen molar-refractivity contribution in [2.24, 2.45) is 0 Å². The van der Waals surface area contributed by atoms with E-state index < -0.39 is 0 Å². The lowest BCUT2D eigenvalue weighted by Gasteiger charge is -2.15. The summed E-state index contributed by atoms with van der Waals surface area (Å²) in [6.45, 7) is 0.284. The quantitative estimate of drug-likeness (QED) is 0.711. The van der Waals surface area contributed by atoms with E-state index in [0.717, 1.165) is 11.4 Å². The molecular formula is C19H17NO3. The van der Waals surface area contributed by atoms with Crippen molar-refractivity contribution in [1.82, 2.24) is 0 Å². The molecule has 116 valence electrons. The molecule has 2 aromatic carbocycles. The van der Waals surface area contributed by atoms with Gasteiger partial charge in [-0.25, -0.2) is 0 Å². The second kappa shape index (κ2) is 6.83. The highest BCUT2D eigenvalue weighted by Gasteiger charge is 2.17. The van der Waals surface area contributed by atoms with Crippen LogP contribution < -0.4 is 9.64 Å². The number of amides is 1. The van der Waals surface area contributed by atoms with Crippen LogP contribution in [0.5, 0.6) is 5.75 Å². The fourth-order valence-electron chi connectivity index (χ4n) is 2.18. The van der Waals surface area contributed by atoms with Crippen molar-refractivity contribution >= 4 is 11.6 Å². The van der Waals surface area contributed by atoms with Gasteiger partial charge in [0.05, 0.1) is 0 Å². The number of hydrogen-bond donors (Lipinski definition) is 0. The second-order valence-electron chi connectivity index (χ2n) is 5.07. The summed E-state index contributed by atoms with van der Waals surface area (Å²) >= 11 is 0. The van der Waals surface area contributed by atoms with E-state index in [4.69, 9.17) is 9.15 Å². The van der Waals surface area contributed by atoms with Crippen molar-refractivity contribution < 1.29 is 13.9 Å². The first-order valence-electron chi connectivity index (χ1n) is 7.34. The average Bonchev–Trinajstić information content (AvgIpc) is 3.09. The Bertz CT molecular complexity index is 766. The molecule has 0 N–H and O–H groups in total. The third kappa shape index (κ3) is 3.61. The molecular weight excluding hydrogens is 290 g/mol. The molecule has 0 aliphatic rings. The van der Waals surface area contributed by atoms with Crippen molar-refractivity contribution in [3.8, 4) is 5.75 Å². The van der Waals surface area contributed by atoms with E-state index in [9.17, 15) is 4.79 Å². The predicted octanol–water partition coefficient (Wildman–Crippen LogP) is 4.14. The third-order valence-corrected chi connectivity index (χ3v) is 3.44. The molecule has 23 heavy (non-hydrogen) atoms. The van der Waals surface area contributed by atoms with Gasteiger partial charge in [-0.05, 0) is 36.4 Å². The van der Waals surface area contributed by atoms with Crippen LogP contribution in [-0.2, 0) is 6.61 Å². The summed E-state index contributed by atoms with van der Waals surface area (Å²) < 4.78 is 11.2. The molecule has 0 unspecified atom stereocenters. The molecule has 3 rings (SSSR count). The molecule has 0 saturated heterocycles. The number of anilines is 1. The maximum atomic E-state index is 12.4. The summed E-state index contributed by atoms with van der Waals surface area (Å²) in [6.07, 6.45) is 0. The zero-order valence-corrected chi connectivity index (χ0v) is 12.8. The summed E-state index contributed by atoms with van der Waals surface area (Å²) in [4.78, 5) is 14.0. The van der Waals surface area contributed by atoms with Crippen LogP contribution in [0.2, 0.25) is 0 Å². The topological polar surface area (TPSA) is 42.7 Å². The normalized spacial score (nSPS) is 10.3. The number of benzene rings is 2. The van der Waals surface area contributed by atoms with E-state index in [1.165, 1.54) is 0 Å². The van der Waals surface area contributed by atoms with Gasteiger partial charge in [-0.2, -0.15) is 0 Å². The van der Waals surface area contributed by atoms with Crippen molar-refractivity contribution in [1.29, 1.82) is 0 Å². The maximum absolute atomic E-state index is 12.4. The lowest BCUT2D eigenvalue weighted by Crippen LogP contribution is -2.25. The summed E-state index contributed by atoms with van der Waals surface area (Å²) in [5.41, 5.74) is 0.816. The van der Waals surface area contributed by atoms with Gasteiger partial charge in [-0.1, -0.05) is 36.4 Å². The van der Waals surface area contributed by atoms with Crippen LogP contribution in [-0.4, -0.2) is 13.0 Å². The van der Waals surface area contributed by atoms with Crippen LogP contribution >= 0.6 is 0 Å². The van der Waals surface area contributed by atoms with Crippen LogP contribution in [0.3, 0.4) is 0 Å². The number of furan rings is 1. The van der Waals surface area contributed by atoms with E-state index >= 15 is 0 Å². The minimum Gasteiger partial charge on any atom is -0.486 e. The number of rotatable bonds is 5. The molecule has 0 radical (unpaired) electrons. The first-order valence-corrected chi connectivity index (χ1v) is 7.34. The average molecular weight is 307 g/mol. The van der Waals surface area contributed by atoms with Crippen molar-refractivity contribution in [2.75, 3.05) is 11.9 Å². The van der Waals surface area contributed by atoms with Gasteiger partial charge in [0.15, 0.2) is 5.76 Å². The molecule has 0 saturated carbocycles. The second-order valence-corrected chi connectivity index (χ2v) is 5.07. The predicted molar refractivity (Wildman–Crippen MR) is 88.7 cm³/mol. The Morgan fingerprint density at radius 1 is 0.957 bits per heavy atom. The van der Waals surface area contributed by atoms with Crippen LogP contribution in [0.15, 0.2) is 77.2 Å². The van der Waals surface area contributed by atoms with E-state index in [2.05, 4.69) is 0 Å². The van der Waals surface area contributed by atoms with Crippen molar-refractivity contribution in [3.63, 3.8) is 0 Å². The van der Waals surface area contributed by atoms with Crippen LogP contribution in [0.1, 0.15) is 16.3 Å². The molecule has 0 bridgehead atoms. The molecule has 1 heterocycles. The third-order valence-electron chi connectivity index (χ3n) is 3.44. The SMILES string of the molecule is CN(C(=O)c1ccc(COc2ccccc2)o1)c1ccccc1. The molecule has 3 aromatic rings. The lowest BCUT2D eigenvalue weighted by molar-refractivity contribution is 0.0962. The molecule has 0 atom stereocenters. The fraction of sp³-hybridized carbons (Fsp3) is 0.105. The molecule has 0 aliphatic carbocycles. The van der Waals surface area contributed by atoms with E-state index in [-0.39, 0.29) is 12.5 Å². The number of hydrogen-bond acceptors (Lipinski definition) is 3. The van der Waals surface area contributed by atoms with Gasteiger partial charge in [0.2, 0.25) is 0 Å². The number of para-hydroxylation sites is 2. The Kier molecular flexibility index (Phi) is 4.43. The number of carbonyl (C=O) groups excluding carboxylic acids is 1. The van der Waals surface area contributed by atoms with Crippen LogP contribution in [0, 0.1) is 0 Å². The van der Waals surface area contributed by atoms with Gasteiger partial charge in [0.25, 0.3) is 5.91 Å². The van der Waals surface area contributed by atoms with Gasteiger partial charge in [0.1, 0.15) is 18.1 Å². The van der Waals surface area contributed by atoms with Crippen LogP contribution in [0.4, 0.5) is 5.69 Å². The van der Waals surface area contributed by atoms with Gasteiger partial charge >= 0.3 is 0 Å². The van der Waals surface area contributed by atoms with Gasteiger partial charge in [0, 0.05) is 12.7 Å². The number of ether oxygens (including phenoxy) is 1. The highest BCUT2D eigenvalue weighted by molar-refractivity contribution is 6.03. The molecule has 0 spiro atoms. The number of carbonyl (C=O) groups is 1. The zero-order valence-electron chi connectivity index (χ0n) is 12.8. The smallest absolute Gasteiger partial charge is 0.293 e. The monoisotopic (exact) mass is 307 g/mol. The summed E-state index contributed by atoms with van der Waals surface area (Å²) in [5.74, 6) is 1.47. The van der Waals surface area contributed by atoms with Gasteiger partial charge in [-0.3, -0.25) is 4.79 Å². The molecule has 0 fully saturated rings. The zero-order chi connectivity index (χ0) is 16.1. The Hall–Kier alpha value is -3.01. The highest BCUT2D eigenvalue weighted by Crippen LogP contribution is 2.18. The van der Waals surface area contributed by atoms with E-state index in [1.54, 1.807) is 24.1 Å². The highest BCUT2D eigenvalue weighted by atomic mass is 16.5. The Balaban J connectivity index is 1.65. The van der Waals surface area contributed by atoms with E-state index in [1.807, 2.05) is 60.7 Å². The van der Waals surface area contributed by atoms with Gasteiger partial charge in [-0.15, -0.1) is 0 Å². The molecule has 0 aliphatic heterocycles. The largest absolute Gasteiger partial charge is 0.486 e. The lowest BCUT2D eigenvalue weighted by atomic mass is 10.3. The Morgan fingerprint density at radius 2 is 1.61 bits per heavy atom. The first-order chi connectivity index (χ1) is 11.2. The van der Waals surface area contributed by atoms with Crippen molar-refractivity contribution in [2.45, 2.75) is 6.61 Å². The molecule has 4 heteroatoms. The minimum atomic E-state index is -0.192. The standard InChI is InChI=1S/C19H17NO3/c1-20(15-8-4-2-5-9-15)19(21)18-13-12-17(23-18)14-22-16-10-6-3-7-11-16/h2-13H,14H2,1H3. The summed E-state index contributed by atoms with van der Waals surface area (Å²) in [5, 5.41) is 0. The molecule has 1 aromatic heterocycles. The number of nitrogens with zero attached hydrogens (tertiary/aromatic N) is 1. The Morgan fingerprint density at radius 3 is 2.30 bits per heavy atom. The van der Waals surface area contributed by atoms with E-state index in [0.29, 0.717) is 11.5 Å². The summed E-state index contributed by atoms with van der Waals surface area (Å²) in [7, 11) is 1.72. The maximum Gasteiger partial charge on any atom is 0.293 e. The van der Waals surface area contributed by atoms with Crippen LogP contribution in [0.25, 0.3) is 0 Å². The fourth-order valence-corrected chi connectivity index (χ4v) is 2.18. The van der Waals surface area contributed by atoms with Crippen molar-refractivity contribution in [3.05, 3.63) is 84.3 Å². The summed E-state index contributed by atoms with van der Waals surface area (Å²) in [6, 6.07) is 22.4. The van der Waals surface area contributed by atoms with Gasteiger partial charge < -0.3 is 14.1 Å². The Labute approximate surface area is 134 Å². The first kappa shape index (κ1) is 14.9. The minimum absolute atomic E-state index is 0.192. The molecule has 4 nitrogen and oxygen atoms in total.